The Morgan fingerprint density at radius 1 is 0.951 bits per heavy atom. The van der Waals surface area contributed by atoms with Gasteiger partial charge in [-0.2, -0.15) is 0 Å². The van der Waals surface area contributed by atoms with Crippen LogP contribution in [0.1, 0.15) is 12.5 Å². The van der Waals surface area contributed by atoms with Crippen molar-refractivity contribution in [3.05, 3.63) is 89.6 Å². The van der Waals surface area contributed by atoms with Crippen molar-refractivity contribution in [3.8, 4) is 11.5 Å². The second kappa shape index (κ2) is 11.1. The predicted molar refractivity (Wildman–Crippen MR) is 155 cm³/mol. The number of benzene rings is 3. The largest absolute Gasteiger partial charge is 0.497 e. The van der Waals surface area contributed by atoms with Crippen molar-refractivity contribution in [2.45, 2.75) is 19.4 Å². The number of fused-ring (bicyclic) bond motifs is 1. The van der Waals surface area contributed by atoms with Crippen LogP contribution in [-0.4, -0.2) is 59.1 Å². The van der Waals surface area contributed by atoms with Gasteiger partial charge in [0.25, 0.3) is 5.91 Å². The van der Waals surface area contributed by atoms with Gasteiger partial charge in [-0.3, -0.25) is 14.0 Å². The Balaban J connectivity index is 1.78. The third-order valence-corrected chi connectivity index (χ3v) is 8.03. The summed E-state index contributed by atoms with van der Waals surface area (Å²) in [6.07, 6.45) is 1.33. The van der Waals surface area contributed by atoms with Crippen molar-refractivity contribution in [2.75, 3.05) is 36.3 Å². The number of esters is 1. The van der Waals surface area contributed by atoms with Gasteiger partial charge in [0, 0.05) is 17.7 Å². The van der Waals surface area contributed by atoms with E-state index in [1.807, 2.05) is 12.1 Å². The molecule has 0 aromatic heterocycles. The Labute approximate surface area is 238 Å². The van der Waals surface area contributed by atoms with Gasteiger partial charge in [-0.25, -0.2) is 18.2 Å². The number of sulfonamides is 1. The number of amides is 1. The predicted octanol–water partition coefficient (Wildman–Crippen LogP) is 4.03. The van der Waals surface area contributed by atoms with E-state index in [-0.39, 0.29) is 30.0 Å². The standard InChI is InChI=1S/C30H29N3O7S/c1-5-40-30(35)28-26(25-18-19-8-6-7-9-24(19)33(25)41(4,36)37)27(31-20-10-14-22(38-2)15-11-20)29(34)32(28)21-12-16-23(39-3)17-13-21/h6-17,25H,5,18H2,1-4H3. The summed E-state index contributed by atoms with van der Waals surface area (Å²) in [7, 11) is -0.786. The third-order valence-electron chi connectivity index (χ3n) is 6.87. The van der Waals surface area contributed by atoms with E-state index in [2.05, 4.69) is 4.99 Å². The molecule has 0 saturated carbocycles. The lowest BCUT2D eigenvalue weighted by Crippen LogP contribution is -2.40. The molecule has 2 heterocycles. The third kappa shape index (κ3) is 5.16. The Kier molecular flexibility index (Phi) is 7.55. The maximum absolute atomic E-state index is 14.2. The summed E-state index contributed by atoms with van der Waals surface area (Å²) < 4.78 is 43.6. The zero-order chi connectivity index (χ0) is 29.3. The SMILES string of the molecule is CCOC(=O)C1=C(C2Cc3ccccc3N2S(C)(=O)=O)C(=Nc2ccc(OC)cc2)C(=O)N1c1ccc(OC)cc1. The van der Waals surface area contributed by atoms with E-state index in [1.165, 1.54) is 23.4 Å². The van der Waals surface area contributed by atoms with E-state index >= 15 is 0 Å². The second-order valence-electron chi connectivity index (χ2n) is 9.39. The van der Waals surface area contributed by atoms with Crippen LogP contribution in [0.4, 0.5) is 17.1 Å². The fourth-order valence-electron chi connectivity index (χ4n) is 5.13. The van der Waals surface area contributed by atoms with E-state index in [1.54, 1.807) is 67.6 Å². The minimum absolute atomic E-state index is 0.0475. The molecule has 3 aromatic carbocycles. The van der Waals surface area contributed by atoms with Crippen LogP contribution in [0.3, 0.4) is 0 Å². The van der Waals surface area contributed by atoms with Crippen LogP contribution in [0, 0.1) is 0 Å². The quantitative estimate of drug-likeness (QED) is 0.373. The van der Waals surface area contributed by atoms with E-state index < -0.39 is 27.9 Å². The molecule has 0 spiro atoms. The average Bonchev–Trinajstić information content (AvgIpc) is 3.49. The summed E-state index contributed by atoms with van der Waals surface area (Å²) in [5, 5.41) is 0. The molecule has 0 N–H and O–H groups in total. The molecule has 0 radical (unpaired) electrons. The Morgan fingerprint density at radius 2 is 1.56 bits per heavy atom. The first-order valence-corrected chi connectivity index (χ1v) is 14.7. The van der Waals surface area contributed by atoms with Crippen molar-refractivity contribution >= 4 is 44.7 Å². The van der Waals surface area contributed by atoms with Gasteiger partial charge in [0.2, 0.25) is 10.0 Å². The number of ether oxygens (including phenoxy) is 3. The number of anilines is 2. The highest BCUT2D eigenvalue weighted by molar-refractivity contribution is 7.92. The topological polar surface area (TPSA) is 115 Å². The number of carbonyl (C=O) groups is 2. The molecule has 0 bridgehead atoms. The van der Waals surface area contributed by atoms with Gasteiger partial charge in [-0.15, -0.1) is 0 Å². The van der Waals surface area contributed by atoms with Crippen molar-refractivity contribution in [1.29, 1.82) is 0 Å². The van der Waals surface area contributed by atoms with Crippen LogP contribution in [0.15, 0.2) is 89.1 Å². The Hall–Kier alpha value is -4.64. The fourth-order valence-corrected chi connectivity index (χ4v) is 6.31. The average molecular weight is 576 g/mol. The van der Waals surface area contributed by atoms with Crippen LogP contribution in [-0.2, 0) is 30.8 Å². The molecule has 2 aliphatic rings. The smallest absolute Gasteiger partial charge is 0.355 e. The maximum Gasteiger partial charge on any atom is 0.355 e. The number of rotatable bonds is 8. The summed E-state index contributed by atoms with van der Waals surface area (Å²) in [5.74, 6) is -0.197. The lowest BCUT2D eigenvalue weighted by Gasteiger charge is -2.27. The molecule has 0 fully saturated rings. The molecule has 0 saturated heterocycles. The molecule has 1 amide bonds. The van der Waals surface area contributed by atoms with Crippen molar-refractivity contribution in [2.24, 2.45) is 4.99 Å². The van der Waals surface area contributed by atoms with Crippen molar-refractivity contribution in [1.82, 2.24) is 0 Å². The highest BCUT2D eigenvalue weighted by Crippen LogP contribution is 2.42. The van der Waals surface area contributed by atoms with Gasteiger partial charge >= 0.3 is 5.97 Å². The van der Waals surface area contributed by atoms with E-state index in [0.29, 0.717) is 28.6 Å². The van der Waals surface area contributed by atoms with Gasteiger partial charge < -0.3 is 14.2 Å². The van der Waals surface area contributed by atoms with E-state index in [0.717, 1.165) is 11.8 Å². The molecule has 212 valence electrons. The normalized spacial score (nSPS) is 17.7. The molecule has 3 aromatic rings. The lowest BCUT2D eigenvalue weighted by atomic mass is 9.98. The highest BCUT2D eigenvalue weighted by Gasteiger charge is 2.49. The summed E-state index contributed by atoms with van der Waals surface area (Å²) in [4.78, 5) is 33.8. The molecule has 0 aliphatic carbocycles. The van der Waals surface area contributed by atoms with Crippen LogP contribution in [0.5, 0.6) is 11.5 Å². The second-order valence-corrected chi connectivity index (χ2v) is 11.2. The summed E-state index contributed by atoms with van der Waals surface area (Å²) in [5.41, 5.74) is 2.07. The number of para-hydroxylation sites is 1. The summed E-state index contributed by atoms with van der Waals surface area (Å²) >= 11 is 0. The monoisotopic (exact) mass is 575 g/mol. The lowest BCUT2D eigenvalue weighted by molar-refractivity contribution is -0.139. The van der Waals surface area contributed by atoms with Crippen molar-refractivity contribution < 1.29 is 32.2 Å². The number of carbonyl (C=O) groups excluding carboxylic acids is 2. The van der Waals surface area contributed by atoms with Gasteiger partial charge in [0.05, 0.1) is 44.5 Å². The molecule has 1 unspecified atom stereocenters. The summed E-state index contributed by atoms with van der Waals surface area (Å²) in [6.45, 7) is 1.71. The first kappa shape index (κ1) is 27.9. The molecule has 5 rings (SSSR count). The number of hydrogen-bond acceptors (Lipinski definition) is 8. The van der Waals surface area contributed by atoms with Gasteiger partial charge in [0.15, 0.2) is 0 Å². The molecular weight excluding hydrogens is 546 g/mol. The zero-order valence-corrected chi connectivity index (χ0v) is 23.8. The zero-order valence-electron chi connectivity index (χ0n) is 23.0. The molecule has 2 aliphatic heterocycles. The number of nitrogens with zero attached hydrogens (tertiary/aromatic N) is 3. The number of methoxy groups -OCH3 is 2. The molecule has 1 atom stereocenters. The fraction of sp³-hybridized carbons (Fsp3) is 0.233. The van der Waals surface area contributed by atoms with E-state index in [4.69, 9.17) is 14.2 Å². The molecule has 10 nitrogen and oxygen atoms in total. The van der Waals surface area contributed by atoms with Gasteiger partial charge in [0.1, 0.15) is 22.9 Å². The van der Waals surface area contributed by atoms with Gasteiger partial charge in [-0.1, -0.05) is 18.2 Å². The van der Waals surface area contributed by atoms with Crippen LogP contribution >= 0.6 is 0 Å². The highest BCUT2D eigenvalue weighted by atomic mass is 32.2. The Bertz CT molecular complexity index is 1660. The van der Waals surface area contributed by atoms with Crippen LogP contribution < -0.4 is 18.7 Å². The molecular formula is C30H29N3O7S. The van der Waals surface area contributed by atoms with E-state index in [9.17, 15) is 18.0 Å². The number of aliphatic imine (C=N–C) groups is 1. The number of hydrogen-bond donors (Lipinski definition) is 0. The van der Waals surface area contributed by atoms with Crippen LogP contribution in [0.2, 0.25) is 0 Å². The minimum Gasteiger partial charge on any atom is -0.497 e. The van der Waals surface area contributed by atoms with Crippen molar-refractivity contribution in [3.63, 3.8) is 0 Å². The minimum atomic E-state index is -3.85. The molecule has 11 heteroatoms. The maximum atomic E-state index is 14.2. The summed E-state index contributed by atoms with van der Waals surface area (Å²) in [6, 6.07) is 19.5. The molecule has 41 heavy (non-hydrogen) atoms. The van der Waals surface area contributed by atoms with Gasteiger partial charge in [-0.05, 0) is 67.1 Å². The first-order valence-electron chi connectivity index (χ1n) is 12.9. The first-order chi connectivity index (χ1) is 19.7. The van der Waals surface area contributed by atoms with Crippen LogP contribution in [0.25, 0.3) is 0 Å². The Morgan fingerprint density at radius 3 is 2.15 bits per heavy atom.